The lowest BCUT2D eigenvalue weighted by Crippen LogP contribution is -2.42. The van der Waals surface area contributed by atoms with Crippen LogP contribution in [-0.2, 0) is 6.18 Å². The lowest BCUT2D eigenvalue weighted by atomic mass is 9.89. The molecule has 2 aliphatic rings. The van der Waals surface area contributed by atoms with Gasteiger partial charge in [-0.25, -0.2) is 0 Å². The molecule has 2 aromatic rings. The van der Waals surface area contributed by atoms with Crippen molar-refractivity contribution in [1.29, 1.82) is 0 Å². The van der Waals surface area contributed by atoms with E-state index in [-0.39, 0.29) is 12.0 Å². The summed E-state index contributed by atoms with van der Waals surface area (Å²) in [5.41, 5.74) is 1.62. The maximum Gasteiger partial charge on any atom is 0.418 e. The molecular formula is C18H19F3N4. The summed E-state index contributed by atoms with van der Waals surface area (Å²) >= 11 is 0. The van der Waals surface area contributed by atoms with Crippen LogP contribution in [-0.4, -0.2) is 31.2 Å². The normalized spacial score (nSPS) is 22.5. The number of aromatic nitrogens is 1. The third-order valence-corrected chi connectivity index (χ3v) is 5.09. The Morgan fingerprint density at radius 1 is 1.28 bits per heavy atom. The maximum absolute atomic E-state index is 13.7. The fourth-order valence-corrected chi connectivity index (χ4v) is 4.02. The highest BCUT2D eigenvalue weighted by Gasteiger charge is 2.45. The molecule has 7 heteroatoms. The van der Waals surface area contributed by atoms with Gasteiger partial charge in [-0.2, -0.15) is 13.2 Å². The summed E-state index contributed by atoms with van der Waals surface area (Å²) in [4.78, 5) is 5.82. The minimum Gasteiger partial charge on any atom is -0.370 e. The molecular weight excluding hydrogens is 329 g/mol. The monoisotopic (exact) mass is 348 g/mol. The molecule has 0 aliphatic carbocycles. The summed E-state index contributed by atoms with van der Waals surface area (Å²) in [6.07, 6.45) is -0.329. The standard InChI is InChI=1S/C18H19F3N4/c1-25-16-4-6-23-10-14(16)13-7-12(24-11-3-2-5-22-9-11)8-15(17(13)25)18(19,20)21/h2-3,5,7-9,14,16,23-24H,4,6,10H2,1H3/t14-,16-/m0/s1. The molecule has 0 amide bonds. The SMILES string of the molecule is CN1c2c(cc(Nc3cccnc3)cc2C(F)(F)F)[C@@H]2CNCC[C@@H]21. The van der Waals surface area contributed by atoms with E-state index in [9.17, 15) is 13.2 Å². The fraction of sp³-hybridized carbons (Fsp3) is 0.389. The van der Waals surface area contributed by atoms with Gasteiger partial charge in [0.05, 0.1) is 23.1 Å². The van der Waals surface area contributed by atoms with Crippen LogP contribution in [0.5, 0.6) is 0 Å². The van der Waals surface area contributed by atoms with Crippen molar-refractivity contribution in [1.82, 2.24) is 10.3 Å². The Bertz CT molecular complexity index is 776. The van der Waals surface area contributed by atoms with Crippen molar-refractivity contribution in [3.05, 3.63) is 47.8 Å². The molecule has 1 aromatic carbocycles. The summed E-state index contributed by atoms with van der Waals surface area (Å²) in [6, 6.07) is 6.70. The van der Waals surface area contributed by atoms with Gasteiger partial charge in [-0.05, 0) is 42.8 Å². The molecule has 4 nitrogen and oxygen atoms in total. The third kappa shape index (κ3) is 2.82. The van der Waals surface area contributed by atoms with E-state index in [2.05, 4.69) is 15.6 Å². The van der Waals surface area contributed by atoms with Gasteiger partial charge in [0.15, 0.2) is 0 Å². The van der Waals surface area contributed by atoms with Gasteiger partial charge in [0.1, 0.15) is 0 Å². The number of likely N-dealkylation sites (N-methyl/N-ethyl adjacent to an activating group) is 1. The van der Waals surface area contributed by atoms with Crippen LogP contribution in [0.15, 0.2) is 36.7 Å². The summed E-state index contributed by atoms with van der Waals surface area (Å²) in [7, 11) is 1.78. The second kappa shape index (κ2) is 5.91. The number of anilines is 3. The first-order valence-electron chi connectivity index (χ1n) is 8.31. The predicted molar refractivity (Wildman–Crippen MR) is 91.4 cm³/mol. The summed E-state index contributed by atoms with van der Waals surface area (Å²) in [5, 5.41) is 6.36. The van der Waals surface area contributed by atoms with E-state index in [1.807, 2.05) is 11.0 Å². The zero-order valence-corrected chi connectivity index (χ0v) is 13.8. The van der Waals surface area contributed by atoms with Crippen LogP contribution >= 0.6 is 0 Å². The lowest BCUT2D eigenvalue weighted by molar-refractivity contribution is -0.137. The van der Waals surface area contributed by atoms with Crippen LogP contribution in [0.2, 0.25) is 0 Å². The Morgan fingerprint density at radius 3 is 2.84 bits per heavy atom. The van der Waals surface area contributed by atoms with Gasteiger partial charge < -0.3 is 15.5 Å². The second-order valence-corrected chi connectivity index (χ2v) is 6.60. The Balaban J connectivity index is 1.82. The number of nitrogens with one attached hydrogen (secondary N) is 2. The highest BCUT2D eigenvalue weighted by Crippen LogP contribution is 2.50. The van der Waals surface area contributed by atoms with E-state index >= 15 is 0 Å². The second-order valence-electron chi connectivity index (χ2n) is 6.60. The molecule has 1 fully saturated rings. The molecule has 0 unspecified atom stereocenters. The van der Waals surface area contributed by atoms with Crippen molar-refractivity contribution in [2.45, 2.75) is 24.6 Å². The van der Waals surface area contributed by atoms with Crippen molar-refractivity contribution in [2.75, 3.05) is 30.4 Å². The van der Waals surface area contributed by atoms with Crippen LogP contribution in [0.25, 0.3) is 0 Å². The molecule has 0 saturated carbocycles. The predicted octanol–water partition coefficient (Wildman–Crippen LogP) is 3.74. The number of fused-ring (bicyclic) bond motifs is 3. The summed E-state index contributed by atoms with van der Waals surface area (Å²) in [5.74, 6) is 0.0745. The molecule has 0 spiro atoms. The Morgan fingerprint density at radius 2 is 2.12 bits per heavy atom. The molecule has 132 valence electrons. The van der Waals surface area contributed by atoms with Gasteiger partial charge in [0.2, 0.25) is 0 Å². The molecule has 4 rings (SSSR count). The average molecular weight is 348 g/mol. The maximum atomic E-state index is 13.7. The molecule has 3 heterocycles. The summed E-state index contributed by atoms with van der Waals surface area (Å²) in [6.45, 7) is 1.54. The number of piperidine rings is 1. The van der Waals surface area contributed by atoms with E-state index in [4.69, 9.17) is 0 Å². The van der Waals surface area contributed by atoms with E-state index < -0.39 is 11.7 Å². The molecule has 2 aliphatic heterocycles. The molecule has 0 bridgehead atoms. The van der Waals surface area contributed by atoms with Crippen LogP contribution in [0.4, 0.5) is 30.2 Å². The largest absolute Gasteiger partial charge is 0.418 e. The van der Waals surface area contributed by atoms with E-state index in [0.717, 1.165) is 18.5 Å². The smallest absolute Gasteiger partial charge is 0.370 e. The first kappa shape index (κ1) is 16.2. The third-order valence-electron chi connectivity index (χ3n) is 5.09. The Hall–Kier alpha value is -2.28. The van der Waals surface area contributed by atoms with Crippen molar-refractivity contribution < 1.29 is 13.2 Å². The van der Waals surface area contributed by atoms with E-state index in [1.54, 1.807) is 31.6 Å². The van der Waals surface area contributed by atoms with Gasteiger partial charge in [-0.15, -0.1) is 0 Å². The molecule has 25 heavy (non-hydrogen) atoms. The zero-order chi connectivity index (χ0) is 17.6. The topological polar surface area (TPSA) is 40.2 Å². The number of hydrogen-bond donors (Lipinski definition) is 2. The number of alkyl halides is 3. The lowest BCUT2D eigenvalue weighted by Gasteiger charge is -2.31. The van der Waals surface area contributed by atoms with E-state index in [1.165, 1.54) is 6.07 Å². The summed E-state index contributed by atoms with van der Waals surface area (Å²) < 4.78 is 41.2. The number of rotatable bonds is 2. The Kier molecular flexibility index (Phi) is 3.83. The van der Waals surface area contributed by atoms with Gasteiger partial charge in [0, 0.05) is 37.4 Å². The highest BCUT2D eigenvalue weighted by molar-refractivity contribution is 5.74. The quantitative estimate of drug-likeness (QED) is 0.867. The van der Waals surface area contributed by atoms with Crippen molar-refractivity contribution >= 4 is 17.1 Å². The number of pyridine rings is 1. The number of nitrogens with zero attached hydrogens (tertiary/aromatic N) is 2. The van der Waals surface area contributed by atoms with Crippen LogP contribution in [0.3, 0.4) is 0 Å². The first-order chi connectivity index (χ1) is 11.9. The van der Waals surface area contributed by atoms with Crippen LogP contribution in [0, 0.1) is 0 Å². The van der Waals surface area contributed by atoms with Crippen LogP contribution in [0.1, 0.15) is 23.5 Å². The Labute approximate surface area is 144 Å². The van der Waals surface area contributed by atoms with Gasteiger partial charge in [0.25, 0.3) is 0 Å². The van der Waals surface area contributed by atoms with Crippen molar-refractivity contribution in [3.8, 4) is 0 Å². The van der Waals surface area contributed by atoms with Crippen molar-refractivity contribution in [3.63, 3.8) is 0 Å². The molecule has 0 radical (unpaired) electrons. The highest BCUT2D eigenvalue weighted by atomic mass is 19.4. The zero-order valence-electron chi connectivity index (χ0n) is 13.8. The van der Waals surface area contributed by atoms with Crippen LogP contribution < -0.4 is 15.5 Å². The van der Waals surface area contributed by atoms with Gasteiger partial charge in [-0.3, -0.25) is 4.98 Å². The van der Waals surface area contributed by atoms with E-state index in [0.29, 0.717) is 23.6 Å². The number of benzene rings is 1. The average Bonchev–Trinajstić information content (AvgIpc) is 2.88. The fourth-order valence-electron chi connectivity index (χ4n) is 4.02. The van der Waals surface area contributed by atoms with Gasteiger partial charge >= 0.3 is 6.18 Å². The molecule has 2 N–H and O–H groups in total. The molecule has 2 atom stereocenters. The first-order valence-corrected chi connectivity index (χ1v) is 8.31. The minimum atomic E-state index is -4.40. The van der Waals surface area contributed by atoms with Crippen molar-refractivity contribution in [2.24, 2.45) is 0 Å². The number of halogens is 3. The minimum absolute atomic E-state index is 0.0745. The molecule has 1 saturated heterocycles. The molecule has 1 aromatic heterocycles. The number of hydrogen-bond acceptors (Lipinski definition) is 4. The van der Waals surface area contributed by atoms with Gasteiger partial charge in [-0.1, -0.05) is 0 Å².